The van der Waals surface area contributed by atoms with Crippen LogP contribution in [0.4, 0.5) is 5.69 Å². The molecule has 4 aliphatic carbocycles. The second-order valence-electron chi connectivity index (χ2n) is 10.3. The Hall–Kier alpha value is -3.49. The first-order chi connectivity index (χ1) is 16.5. The Labute approximate surface area is 197 Å². The van der Waals surface area contributed by atoms with Gasteiger partial charge in [-0.25, -0.2) is 4.68 Å². The van der Waals surface area contributed by atoms with Gasteiger partial charge in [-0.15, -0.1) is 0 Å². The van der Waals surface area contributed by atoms with E-state index >= 15 is 0 Å². The minimum atomic E-state index is -0.474. The number of nitrogens with zero attached hydrogens (tertiary/aromatic N) is 5. The van der Waals surface area contributed by atoms with Crippen LogP contribution in [0.25, 0.3) is 5.69 Å². The number of carbonyl (C=O) groups is 1. The minimum absolute atomic E-state index is 0.00987. The van der Waals surface area contributed by atoms with E-state index in [0.29, 0.717) is 18.7 Å². The van der Waals surface area contributed by atoms with Crippen molar-refractivity contribution in [3.63, 3.8) is 0 Å². The molecule has 1 N–H and O–H groups in total. The average Bonchev–Trinajstić information content (AvgIpc) is 3.47. The molecular formula is C25H28N6O3. The van der Waals surface area contributed by atoms with E-state index in [2.05, 4.69) is 10.4 Å². The normalized spacial score (nSPS) is 27.1. The summed E-state index contributed by atoms with van der Waals surface area (Å²) in [6.07, 6.45) is 11.8. The summed E-state index contributed by atoms with van der Waals surface area (Å²) in [6.45, 7) is 0.688. The first kappa shape index (κ1) is 21.1. The van der Waals surface area contributed by atoms with Gasteiger partial charge in [0.05, 0.1) is 28.4 Å². The van der Waals surface area contributed by atoms with Crippen LogP contribution < -0.4 is 5.32 Å². The number of rotatable bonds is 7. The number of para-hydroxylation sites is 1. The fraction of sp³-hybridized carbons (Fsp3) is 0.480. The molecule has 2 aromatic heterocycles. The van der Waals surface area contributed by atoms with Gasteiger partial charge in [0.2, 0.25) is 0 Å². The van der Waals surface area contributed by atoms with Crippen LogP contribution >= 0.6 is 0 Å². The Kier molecular flexibility index (Phi) is 5.00. The van der Waals surface area contributed by atoms with Gasteiger partial charge in [-0.3, -0.25) is 19.6 Å². The third-order valence-corrected chi connectivity index (χ3v) is 7.98. The lowest BCUT2D eigenvalue weighted by atomic mass is 9.48. The molecule has 9 nitrogen and oxygen atoms in total. The molecule has 7 rings (SSSR count). The third kappa shape index (κ3) is 3.69. The van der Waals surface area contributed by atoms with E-state index in [1.807, 2.05) is 41.2 Å². The average molecular weight is 461 g/mol. The maximum absolute atomic E-state index is 13.4. The smallest absolute Gasteiger partial charge is 0.306 e. The summed E-state index contributed by atoms with van der Waals surface area (Å²) in [5, 5.41) is 22.9. The van der Waals surface area contributed by atoms with Gasteiger partial charge >= 0.3 is 5.69 Å². The topological polar surface area (TPSA) is 108 Å². The lowest BCUT2D eigenvalue weighted by Gasteiger charge is -2.56. The van der Waals surface area contributed by atoms with Crippen molar-refractivity contribution in [1.82, 2.24) is 24.9 Å². The molecule has 9 heteroatoms. The van der Waals surface area contributed by atoms with E-state index in [0.717, 1.165) is 48.4 Å². The molecule has 34 heavy (non-hydrogen) atoms. The Morgan fingerprint density at radius 3 is 2.38 bits per heavy atom. The number of nitrogens with one attached hydrogen (secondary N) is 1. The Balaban J connectivity index is 1.27. The molecule has 3 aromatic rings. The van der Waals surface area contributed by atoms with E-state index in [-0.39, 0.29) is 17.0 Å². The number of carbonyl (C=O) groups excluding carboxylic acids is 1. The highest BCUT2D eigenvalue weighted by Crippen LogP contribution is 2.60. The molecule has 0 radical (unpaired) electrons. The lowest BCUT2D eigenvalue weighted by Crippen LogP contribution is -2.49. The van der Waals surface area contributed by atoms with Crippen LogP contribution in [0.1, 0.15) is 54.6 Å². The molecule has 4 aliphatic rings. The summed E-state index contributed by atoms with van der Waals surface area (Å²) in [4.78, 5) is 23.8. The minimum Gasteiger partial charge on any atom is -0.350 e. The predicted molar refractivity (Wildman–Crippen MR) is 125 cm³/mol. The monoisotopic (exact) mass is 460 g/mol. The molecule has 1 aromatic carbocycles. The Morgan fingerprint density at radius 2 is 1.76 bits per heavy atom. The molecule has 1 amide bonds. The second kappa shape index (κ2) is 8.07. The highest BCUT2D eigenvalue weighted by molar-refractivity contribution is 5.95. The highest BCUT2D eigenvalue weighted by Gasteiger charge is 2.53. The number of hydrogen-bond acceptors (Lipinski definition) is 5. The zero-order valence-electron chi connectivity index (χ0n) is 19.0. The predicted octanol–water partition coefficient (Wildman–Crippen LogP) is 3.87. The number of aromatic nitrogens is 4. The van der Waals surface area contributed by atoms with Crippen LogP contribution in [-0.4, -0.2) is 36.9 Å². The fourth-order valence-electron chi connectivity index (χ4n) is 6.99. The lowest BCUT2D eigenvalue weighted by molar-refractivity contribution is -0.385. The van der Waals surface area contributed by atoms with Crippen molar-refractivity contribution in [2.75, 3.05) is 6.54 Å². The van der Waals surface area contributed by atoms with Gasteiger partial charge in [-0.05, 0) is 68.4 Å². The molecule has 0 unspecified atom stereocenters. The largest absolute Gasteiger partial charge is 0.350 e. The molecular weight excluding hydrogens is 432 g/mol. The SMILES string of the molecule is O=C(NCCn1cc([N+](=O)[O-])cn1)c1cn(-c2ccccc2)nc1C12CC3CC(CC(C3)C1)C2. The fourth-order valence-corrected chi connectivity index (χ4v) is 6.99. The molecule has 0 saturated heterocycles. The van der Waals surface area contributed by atoms with Crippen molar-refractivity contribution in [2.45, 2.75) is 50.5 Å². The molecule has 0 spiro atoms. The van der Waals surface area contributed by atoms with Gasteiger partial charge in [0.1, 0.15) is 12.4 Å². The third-order valence-electron chi connectivity index (χ3n) is 7.98. The van der Waals surface area contributed by atoms with E-state index in [1.54, 1.807) is 0 Å². The van der Waals surface area contributed by atoms with Crippen LogP contribution in [0.2, 0.25) is 0 Å². The van der Waals surface area contributed by atoms with Crippen molar-refractivity contribution < 1.29 is 9.72 Å². The molecule has 2 heterocycles. The summed E-state index contributed by atoms with van der Waals surface area (Å²) >= 11 is 0. The number of nitro groups is 1. The quantitative estimate of drug-likeness (QED) is 0.425. The molecule has 0 atom stereocenters. The highest BCUT2D eigenvalue weighted by atomic mass is 16.6. The van der Waals surface area contributed by atoms with Gasteiger partial charge in [0.15, 0.2) is 0 Å². The van der Waals surface area contributed by atoms with Crippen LogP contribution in [-0.2, 0) is 12.0 Å². The summed E-state index contributed by atoms with van der Waals surface area (Å²) in [7, 11) is 0. The molecule has 4 bridgehead atoms. The number of amides is 1. The van der Waals surface area contributed by atoms with Gasteiger partial charge in [0, 0.05) is 18.2 Å². The first-order valence-electron chi connectivity index (χ1n) is 12.1. The number of benzene rings is 1. The molecule has 0 aliphatic heterocycles. The summed E-state index contributed by atoms with van der Waals surface area (Å²) in [5.74, 6) is 2.11. The summed E-state index contributed by atoms with van der Waals surface area (Å²) < 4.78 is 3.32. The number of hydrogen-bond donors (Lipinski definition) is 1. The van der Waals surface area contributed by atoms with Crippen molar-refractivity contribution in [3.05, 3.63) is 70.3 Å². The Morgan fingerprint density at radius 1 is 1.09 bits per heavy atom. The maximum Gasteiger partial charge on any atom is 0.306 e. The van der Waals surface area contributed by atoms with Gasteiger partial charge in [0.25, 0.3) is 5.91 Å². The second-order valence-corrected chi connectivity index (χ2v) is 10.3. The standard InChI is InChI=1S/C25H28N6O3/c32-24(26-6-7-29-15-21(14-27-29)31(33)34)22-16-30(20-4-2-1-3-5-20)28-23(22)25-11-17-8-18(12-25)10-19(9-17)13-25/h1-5,14-19H,6-13H2,(H,26,32). The van der Waals surface area contributed by atoms with E-state index in [9.17, 15) is 14.9 Å². The zero-order valence-corrected chi connectivity index (χ0v) is 19.0. The van der Waals surface area contributed by atoms with Gasteiger partial charge < -0.3 is 5.32 Å². The zero-order chi connectivity index (χ0) is 23.3. The van der Waals surface area contributed by atoms with Crippen LogP contribution in [0.15, 0.2) is 48.9 Å². The molecule has 4 fully saturated rings. The van der Waals surface area contributed by atoms with E-state index in [1.165, 1.54) is 36.3 Å². The first-order valence-corrected chi connectivity index (χ1v) is 12.1. The van der Waals surface area contributed by atoms with E-state index < -0.39 is 4.92 Å². The van der Waals surface area contributed by atoms with Crippen LogP contribution in [0.3, 0.4) is 0 Å². The van der Waals surface area contributed by atoms with Gasteiger partial charge in [-0.2, -0.15) is 10.2 Å². The summed E-state index contributed by atoms with van der Waals surface area (Å²) in [6, 6.07) is 9.93. The van der Waals surface area contributed by atoms with Crippen molar-refractivity contribution in [3.8, 4) is 5.69 Å². The van der Waals surface area contributed by atoms with Crippen molar-refractivity contribution >= 4 is 11.6 Å². The van der Waals surface area contributed by atoms with Crippen molar-refractivity contribution in [1.29, 1.82) is 0 Å². The summed E-state index contributed by atoms with van der Waals surface area (Å²) in [5.41, 5.74) is 2.47. The Bertz CT molecular complexity index is 1200. The van der Waals surface area contributed by atoms with Gasteiger partial charge in [-0.1, -0.05) is 18.2 Å². The molecule has 4 saturated carbocycles. The van der Waals surface area contributed by atoms with Crippen LogP contribution in [0.5, 0.6) is 0 Å². The van der Waals surface area contributed by atoms with Crippen LogP contribution in [0, 0.1) is 27.9 Å². The maximum atomic E-state index is 13.4. The van der Waals surface area contributed by atoms with E-state index in [4.69, 9.17) is 5.10 Å². The molecule has 176 valence electrons. The van der Waals surface area contributed by atoms with Crippen molar-refractivity contribution in [2.24, 2.45) is 17.8 Å².